The molecule has 1 aliphatic heterocycles. The zero-order valence-electron chi connectivity index (χ0n) is 14.9. The minimum atomic E-state index is -1.05. The smallest absolute Gasteiger partial charge is 0.325 e. The first kappa shape index (κ1) is 18.1. The molecular weight excluding hydrogens is 328 g/mol. The van der Waals surface area contributed by atoms with E-state index in [4.69, 9.17) is 0 Å². The molecule has 3 rings (SSSR count). The van der Waals surface area contributed by atoms with Crippen molar-refractivity contribution < 1.29 is 14.7 Å². The van der Waals surface area contributed by atoms with Crippen LogP contribution in [0.25, 0.3) is 0 Å². The lowest BCUT2D eigenvalue weighted by atomic mass is 9.85. The predicted octanol–water partition coefficient (Wildman–Crippen LogP) is 3.36. The van der Waals surface area contributed by atoms with Gasteiger partial charge in [0.1, 0.15) is 5.54 Å². The fourth-order valence-corrected chi connectivity index (χ4v) is 3.42. The monoisotopic (exact) mass is 352 g/mol. The zero-order chi connectivity index (χ0) is 18.6. The molecule has 26 heavy (non-hydrogen) atoms. The van der Waals surface area contributed by atoms with E-state index in [0.29, 0.717) is 12.0 Å². The Bertz CT molecular complexity index is 763. The summed E-state index contributed by atoms with van der Waals surface area (Å²) in [5.41, 5.74) is 0.410. The van der Waals surface area contributed by atoms with E-state index in [2.05, 4.69) is 12.2 Å². The normalized spacial score (nSPS) is 20.9. The van der Waals surface area contributed by atoms with Gasteiger partial charge in [-0.05, 0) is 17.5 Å². The summed E-state index contributed by atoms with van der Waals surface area (Å²) in [5, 5.41) is 13.4. The van der Waals surface area contributed by atoms with Crippen LogP contribution < -0.4 is 5.32 Å². The van der Waals surface area contributed by atoms with Crippen LogP contribution in [-0.4, -0.2) is 28.5 Å². The number of amides is 3. The molecule has 1 aliphatic rings. The quantitative estimate of drug-likeness (QED) is 0.751. The number of carbonyl (C=O) groups excluding carboxylic acids is 2. The van der Waals surface area contributed by atoms with Gasteiger partial charge >= 0.3 is 6.03 Å². The van der Waals surface area contributed by atoms with Gasteiger partial charge in [0.05, 0.1) is 12.6 Å². The highest BCUT2D eigenvalue weighted by Gasteiger charge is 2.52. The minimum absolute atomic E-state index is 0.0601. The average molecular weight is 352 g/mol. The van der Waals surface area contributed by atoms with Crippen molar-refractivity contribution in [2.45, 2.75) is 37.8 Å². The molecule has 0 aliphatic carbocycles. The van der Waals surface area contributed by atoms with Crippen molar-refractivity contribution in [3.8, 4) is 0 Å². The Kier molecular flexibility index (Phi) is 5.38. The van der Waals surface area contributed by atoms with Gasteiger partial charge in [-0.25, -0.2) is 4.79 Å². The van der Waals surface area contributed by atoms with E-state index in [1.165, 1.54) is 0 Å². The second-order valence-corrected chi connectivity index (χ2v) is 6.65. The summed E-state index contributed by atoms with van der Waals surface area (Å²) in [4.78, 5) is 27.0. The number of carbonyl (C=O) groups is 2. The number of urea groups is 1. The third kappa shape index (κ3) is 3.35. The summed E-state index contributed by atoms with van der Waals surface area (Å²) in [7, 11) is 0. The van der Waals surface area contributed by atoms with Gasteiger partial charge in [-0.1, -0.05) is 80.4 Å². The highest BCUT2D eigenvalue weighted by Crippen LogP contribution is 2.34. The Morgan fingerprint density at radius 1 is 1.04 bits per heavy atom. The lowest BCUT2D eigenvalue weighted by Crippen LogP contribution is -2.44. The molecule has 5 nitrogen and oxygen atoms in total. The number of unbranched alkanes of at least 4 members (excludes halogenated alkanes) is 1. The van der Waals surface area contributed by atoms with E-state index in [9.17, 15) is 14.7 Å². The first-order chi connectivity index (χ1) is 12.6. The Morgan fingerprint density at radius 2 is 1.65 bits per heavy atom. The van der Waals surface area contributed by atoms with Crippen molar-refractivity contribution in [1.82, 2.24) is 10.2 Å². The molecule has 0 bridgehead atoms. The SMILES string of the molecule is CCCCC1(c2ccccc2)NC(=O)N(CC(O)c2ccccc2)C1=O. The number of aliphatic hydroxyl groups excluding tert-OH is 1. The summed E-state index contributed by atoms with van der Waals surface area (Å²) < 4.78 is 0. The third-order valence-corrected chi connectivity index (χ3v) is 4.89. The highest BCUT2D eigenvalue weighted by atomic mass is 16.3. The number of hydrogen-bond acceptors (Lipinski definition) is 3. The van der Waals surface area contributed by atoms with Gasteiger partial charge in [0.15, 0.2) is 0 Å². The van der Waals surface area contributed by atoms with E-state index < -0.39 is 17.7 Å². The lowest BCUT2D eigenvalue weighted by Gasteiger charge is -2.27. The van der Waals surface area contributed by atoms with E-state index >= 15 is 0 Å². The number of nitrogens with one attached hydrogen (secondary N) is 1. The molecule has 1 heterocycles. The summed E-state index contributed by atoms with van der Waals surface area (Å²) in [5.74, 6) is -0.294. The first-order valence-electron chi connectivity index (χ1n) is 9.01. The van der Waals surface area contributed by atoms with E-state index in [-0.39, 0.29) is 12.5 Å². The van der Waals surface area contributed by atoms with Gasteiger partial charge in [-0.2, -0.15) is 0 Å². The number of hydrogen-bond donors (Lipinski definition) is 2. The van der Waals surface area contributed by atoms with Gasteiger partial charge in [-0.15, -0.1) is 0 Å². The van der Waals surface area contributed by atoms with Crippen molar-refractivity contribution in [2.24, 2.45) is 0 Å². The molecule has 0 aromatic heterocycles. The molecule has 1 saturated heterocycles. The Morgan fingerprint density at radius 3 is 2.27 bits per heavy atom. The number of nitrogens with zero attached hydrogens (tertiary/aromatic N) is 1. The molecule has 0 spiro atoms. The Balaban J connectivity index is 1.87. The first-order valence-corrected chi connectivity index (χ1v) is 9.01. The summed E-state index contributed by atoms with van der Waals surface area (Å²) >= 11 is 0. The van der Waals surface area contributed by atoms with Gasteiger partial charge in [0.25, 0.3) is 5.91 Å². The number of imide groups is 1. The maximum atomic E-state index is 13.2. The standard InChI is InChI=1S/C21H24N2O3/c1-2-3-14-21(17-12-8-5-9-13-17)19(25)23(20(26)22-21)15-18(24)16-10-6-4-7-11-16/h4-13,18,24H,2-3,14-15H2,1H3,(H,22,26). The largest absolute Gasteiger partial charge is 0.387 e. The number of rotatable bonds is 7. The number of aliphatic hydroxyl groups is 1. The maximum absolute atomic E-state index is 13.2. The van der Waals surface area contributed by atoms with Crippen LogP contribution >= 0.6 is 0 Å². The predicted molar refractivity (Wildman–Crippen MR) is 99.3 cm³/mol. The van der Waals surface area contributed by atoms with Crippen LogP contribution in [0.1, 0.15) is 43.4 Å². The van der Waals surface area contributed by atoms with E-state index in [1.807, 2.05) is 48.5 Å². The molecule has 2 N–H and O–H groups in total. The van der Waals surface area contributed by atoms with Gasteiger partial charge in [0.2, 0.25) is 0 Å². The molecule has 5 heteroatoms. The second-order valence-electron chi connectivity index (χ2n) is 6.65. The highest BCUT2D eigenvalue weighted by molar-refractivity contribution is 6.07. The van der Waals surface area contributed by atoms with Crippen molar-refractivity contribution in [1.29, 1.82) is 0 Å². The average Bonchev–Trinajstić information content (AvgIpc) is 2.93. The molecule has 0 radical (unpaired) electrons. The number of benzene rings is 2. The van der Waals surface area contributed by atoms with Crippen molar-refractivity contribution in [3.63, 3.8) is 0 Å². The van der Waals surface area contributed by atoms with Crippen LogP contribution in [0.4, 0.5) is 4.79 Å². The molecule has 0 saturated carbocycles. The van der Waals surface area contributed by atoms with Crippen LogP contribution in [0.3, 0.4) is 0 Å². The number of β-amino-alcohol motifs (C(OH)–C–C–N with tert-alkyl or cyclic N) is 1. The van der Waals surface area contributed by atoms with E-state index in [0.717, 1.165) is 23.3 Å². The van der Waals surface area contributed by atoms with Crippen LogP contribution in [0, 0.1) is 0 Å². The summed E-state index contributed by atoms with van der Waals surface area (Å²) in [6.07, 6.45) is 1.36. The topological polar surface area (TPSA) is 69.6 Å². The Hall–Kier alpha value is -2.66. The molecule has 136 valence electrons. The summed E-state index contributed by atoms with van der Waals surface area (Å²) in [6, 6.07) is 18.0. The van der Waals surface area contributed by atoms with Gasteiger partial charge in [-0.3, -0.25) is 9.69 Å². The molecule has 2 aromatic rings. The Labute approximate surface area is 153 Å². The lowest BCUT2D eigenvalue weighted by molar-refractivity contribution is -0.133. The fraction of sp³-hybridized carbons (Fsp3) is 0.333. The van der Waals surface area contributed by atoms with Gasteiger partial charge in [0, 0.05) is 0 Å². The van der Waals surface area contributed by atoms with Crippen LogP contribution in [0.15, 0.2) is 60.7 Å². The van der Waals surface area contributed by atoms with Crippen LogP contribution in [-0.2, 0) is 10.3 Å². The third-order valence-electron chi connectivity index (χ3n) is 4.89. The molecule has 2 atom stereocenters. The molecule has 3 amide bonds. The van der Waals surface area contributed by atoms with Crippen molar-refractivity contribution in [3.05, 3.63) is 71.8 Å². The zero-order valence-corrected chi connectivity index (χ0v) is 14.9. The maximum Gasteiger partial charge on any atom is 0.325 e. The molecule has 2 aromatic carbocycles. The van der Waals surface area contributed by atoms with Crippen LogP contribution in [0.2, 0.25) is 0 Å². The van der Waals surface area contributed by atoms with Crippen molar-refractivity contribution in [2.75, 3.05) is 6.54 Å². The van der Waals surface area contributed by atoms with Crippen LogP contribution in [0.5, 0.6) is 0 Å². The van der Waals surface area contributed by atoms with Crippen molar-refractivity contribution >= 4 is 11.9 Å². The molecular formula is C21H24N2O3. The van der Waals surface area contributed by atoms with E-state index in [1.54, 1.807) is 12.1 Å². The minimum Gasteiger partial charge on any atom is -0.387 e. The fourth-order valence-electron chi connectivity index (χ4n) is 3.42. The van der Waals surface area contributed by atoms with Gasteiger partial charge < -0.3 is 10.4 Å². The molecule has 1 fully saturated rings. The molecule has 2 unspecified atom stereocenters. The second kappa shape index (κ2) is 7.70. The summed E-state index contributed by atoms with van der Waals surface area (Å²) in [6.45, 7) is 1.99.